The number of morpholine rings is 1. The number of guanidine groups is 1. The standard InChI is InChI=1S/C21H27ClN4O2.HI/c1-15-3-5-16(6-4-15)19(26-9-11-28-12-10-26)14-24-21(23)25-17-7-8-20(27-2)18(22)13-17;/h3-8,13,19H,9-12,14H2,1-2H3,(H3,23,24,25);1H. The van der Waals surface area contributed by atoms with Crippen molar-refractivity contribution < 1.29 is 9.47 Å². The van der Waals surface area contributed by atoms with Crippen LogP contribution in [0, 0.1) is 6.92 Å². The smallest absolute Gasteiger partial charge is 0.193 e. The Morgan fingerprint density at radius 1 is 1.24 bits per heavy atom. The SMILES string of the molecule is COc1ccc(NC(N)=NCC(c2ccc(C)cc2)N2CCOCC2)cc1Cl.I. The Balaban J connectivity index is 0.00000300. The molecule has 3 N–H and O–H groups in total. The molecule has 1 aliphatic heterocycles. The van der Waals surface area contributed by atoms with Gasteiger partial charge in [-0.2, -0.15) is 0 Å². The third-order valence-electron chi connectivity index (χ3n) is 4.81. The van der Waals surface area contributed by atoms with E-state index >= 15 is 0 Å². The summed E-state index contributed by atoms with van der Waals surface area (Å²) in [5, 5.41) is 3.62. The van der Waals surface area contributed by atoms with Crippen LogP contribution in [0.25, 0.3) is 0 Å². The number of aliphatic imine (C=N–C) groups is 1. The zero-order chi connectivity index (χ0) is 19.9. The monoisotopic (exact) mass is 530 g/mol. The molecule has 0 aromatic heterocycles. The van der Waals surface area contributed by atoms with E-state index in [9.17, 15) is 0 Å². The molecule has 1 fully saturated rings. The molecule has 29 heavy (non-hydrogen) atoms. The zero-order valence-corrected chi connectivity index (χ0v) is 19.8. The van der Waals surface area contributed by atoms with E-state index in [1.165, 1.54) is 11.1 Å². The molecule has 2 aromatic rings. The second-order valence-electron chi connectivity index (χ2n) is 6.78. The van der Waals surface area contributed by atoms with E-state index in [1.54, 1.807) is 19.2 Å². The Hall–Kier alpha value is -1.55. The molecule has 1 heterocycles. The molecule has 0 amide bonds. The molecule has 1 saturated heterocycles. The molecule has 1 atom stereocenters. The van der Waals surface area contributed by atoms with E-state index in [0.717, 1.165) is 32.0 Å². The van der Waals surface area contributed by atoms with Crippen molar-refractivity contribution in [3.63, 3.8) is 0 Å². The molecule has 0 bridgehead atoms. The quantitative estimate of drug-likeness (QED) is 0.335. The van der Waals surface area contributed by atoms with Crippen LogP contribution in [0.15, 0.2) is 47.5 Å². The van der Waals surface area contributed by atoms with Crippen LogP contribution in [0.5, 0.6) is 5.75 Å². The van der Waals surface area contributed by atoms with Gasteiger partial charge in [-0.25, -0.2) is 0 Å². The molecule has 0 aliphatic carbocycles. The highest BCUT2D eigenvalue weighted by atomic mass is 127. The molecule has 6 nitrogen and oxygen atoms in total. The number of nitrogens with zero attached hydrogens (tertiary/aromatic N) is 2. The number of ether oxygens (including phenoxy) is 2. The highest BCUT2D eigenvalue weighted by molar-refractivity contribution is 14.0. The van der Waals surface area contributed by atoms with Gasteiger partial charge in [-0.3, -0.25) is 9.89 Å². The summed E-state index contributed by atoms with van der Waals surface area (Å²) >= 11 is 6.17. The summed E-state index contributed by atoms with van der Waals surface area (Å²) in [5.74, 6) is 0.973. The third-order valence-corrected chi connectivity index (χ3v) is 5.10. The fraction of sp³-hybridized carbons (Fsp3) is 0.381. The Morgan fingerprint density at radius 3 is 2.55 bits per heavy atom. The minimum absolute atomic E-state index is 0. The summed E-state index contributed by atoms with van der Waals surface area (Å²) in [4.78, 5) is 6.99. The number of aryl methyl sites for hydroxylation is 1. The summed E-state index contributed by atoms with van der Waals surface area (Å²) in [6.45, 7) is 5.90. The van der Waals surface area contributed by atoms with Crippen molar-refractivity contribution in [2.45, 2.75) is 13.0 Å². The Bertz CT molecular complexity index is 811. The topological polar surface area (TPSA) is 72.1 Å². The third kappa shape index (κ3) is 6.74. The summed E-state index contributed by atoms with van der Waals surface area (Å²) in [6, 6.07) is 14.2. The van der Waals surface area contributed by atoms with Gasteiger partial charge in [0.2, 0.25) is 0 Å². The van der Waals surface area contributed by atoms with Crippen LogP contribution in [-0.4, -0.2) is 50.8 Å². The Kier molecular flexibility index (Phi) is 9.48. The average Bonchev–Trinajstić information content (AvgIpc) is 2.70. The van der Waals surface area contributed by atoms with Gasteiger partial charge in [0, 0.05) is 18.8 Å². The predicted octanol–water partition coefficient (Wildman–Crippen LogP) is 4.08. The number of anilines is 1. The largest absolute Gasteiger partial charge is 0.495 e. The summed E-state index contributed by atoms with van der Waals surface area (Å²) in [5.41, 5.74) is 9.37. The van der Waals surface area contributed by atoms with Crippen LogP contribution in [0.2, 0.25) is 5.02 Å². The normalized spacial score (nSPS) is 16.0. The fourth-order valence-electron chi connectivity index (χ4n) is 3.23. The van der Waals surface area contributed by atoms with Gasteiger partial charge in [-0.15, -0.1) is 24.0 Å². The van der Waals surface area contributed by atoms with Crippen LogP contribution in [0.3, 0.4) is 0 Å². The van der Waals surface area contributed by atoms with Crippen LogP contribution in [0.1, 0.15) is 17.2 Å². The minimum Gasteiger partial charge on any atom is -0.495 e. The average molecular weight is 531 g/mol. The van der Waals surface area contributed by atoms with Crippen molar-refractivity contribution in [2.75, 3.05) is 45.3 Å². The summed E-state index contributed by atoms with van der Waals surface area (Å²) < 4.78 is 10.7. The molecule has 3 rings (SSSR count). The number of methoxy groups -OCH3 is 1. The number of hydrogen-bond donors (Lipinski definition) is 2. The van der Waals surface area contributed by atoms with Gasteiger partial charge in [-0.1, -0.05) is 41.4 Å². The predicted molar refractivity (Wildman–Crippen MR) is 130 cm³/mol. The van der Waals surface area contributed by atoms with Gasteiger partial charge in [0.15, 0.2) is 5.96 Å². The Morgan fingerprint density at radius 2 is 1.93 bits per heavy atom. The van der Waals surface area contributed by atoms with E-state index in [2.05, 4.69) is 46.4 Å². The first-order chi connectivity index (χ1) is 13.6. The highest BCUT2D eigenvalue weighted by Gasteiger charge is 2.22. The van der Waals surface area contributed by atoms with Crippen molar-refractivity contribution in [2.24, 2.45) is 10.7 Å². The van der Waals surface area contributed by atoms with Gasteiger partial charge in [0.1, 0.15) is 5.75 Å². The first kappa shape index (κ1) is 23.7. The maximum absolute atomic E-state index is 6.17. The van der Waals surface area contributed by atoms with E-state index in [4.69, 9.17) is 26.8 Å². The first-order valence-electron chi connectivity index (χ1n) is 9.35. The number of halogens is 2. The molecule has 1 unspecified atom stereocenters. The minimum atomic E-state index is 0. The van der Waals surface area contributed by atoms with Crippen LogP contribution >= 0.6 is 35.6 Å². The molecule has 8 heteroatoms. The van der Waals surface area contributed by atoms with Crippen LogP contribution < -0.4 is 15.8 Å². The molecular formula is C21H28ClIN4O2. The number of benzene rings is 2. The molecule has 1 aliphatic rings. The van der Waals surface area contributed by atoms with Crippen molar-refractivity contribution in [1.29, 1.82) is 0 Å². The molecule has 0 spiro atoms. The number of nitrogens with one attached hydrogen (secondary N) is 1. The lowest BCUT2D eigenvalue weighted by molar-refractivity contribution is 0.0180. The summed E-state index contributed by atoms with van der Waals surface area (Å²) in [6.07, 6.45) is 0. The molecule has 2 aromatic carbocycles. The maximum Gasteiger partial charge on any atom is 0.193 e. The fourth-order valence-corrected chi connectivity index (χ4v) is 3.48. The van der Waals surface area contributed by atoms with Crippen LogP contribution in [-0.2, 0) is 4.74 Å². The molecule has 0 radical (unpaired) electrons. The first-order valence-corrected chi connectivity index (χ1v) is 9.73. The van der Waals surface area contributed by atoms with Crippen molar-refractivity contribution in [3.8, 4) is 5.75 Å². The van der Waals surface area contributed by atoms with E-state index in [1.807, 2.05) is 6.07 Å². The molecular weight excluding hydrogens is 503 g/mol. The summed E-state index contributed by atoms with van der Waals surface area (Å²) in [7, 11) is 1.58. The highest BCUT2D eigenvalue weighted by Crippen LogP contribution is 2.27. The van der Waals surface area contributed by atoms with E-state index in [0.29, 0.717) is 23.3 Å². The van der Waals surface area contributed by atoms with Gasteiger partial charge >= 0.3 is 0 Å². The van der Waals surface area contributed by atoms with E-state index in [-0.39, 0.29) is 30.0 Å². The van der Waals surface area contributed by atoms with Crippen LogP contribution in [0.4, 0.5) is 5.69 Å². The lowest BCUT2D eigenvalue weighted by atomic mass is 10.0. The maximum atomic E-state index is 6.17. The van der Waals surface area contributed by atoms with Gasteiger partial charge in [-0.05, 0) is 30.7 Å². The molecule has 0 saturated carbocycles. The second kappa shape index (κ2) is 11.6. The number of rotatable bonds is 6. The lowest BCUT2D eigenvalue weighted by Crippen LogP contribution is -2.40. The Labute approximate surface area is 194 Å². The van der Waals surface area contributed by atoms with Gasteiger partial charge in [0.25, 0.3) is 0 Å². The molecule has 158 valence electrons. The van der Waals surface area contributed by atoms with Crippen molar-refractivity contribution in [1.82, 2.24) is 4.90 Å². The number of nitrogens with two attached hydrogens (primary N) is 1. The van der Waals surface area contributed by atoms with E-state index < -0.39 is 0 Å². The lowest BCUT2D eigenvalue weighted by Gasteiger charge is -2.34. The van der Waals surface area contributed by atoms with Crippen molar-refractivity contribution in [3.05, 3.63) is 58.6 Å². The van der Waals surface area contributed by atoms with Gasteiger partial charge in [0.05, 0.1) is 37.9 Å². The van der Waals surface area contributed by atoms with Gasteiger partial charge < -0.3 is 20.5 Å². The second-order valence-corrected chi connectivity index (χ2v) is 7.18. The zero-order valence-electron chi connectivity index (χ0n) is 16.7. The number of hydrogen-bond acceptors (Lipinski definition) is 4. The van der Waals surface area contributed by atoms with Crippen molar-refractivity contribution >= 4 is 47.2 Å².